The van der Waals surface area contributed by atoms with E-state index >= 15 is 0 Å². The summed E-state index contributed by atoms with van der Waals surface area (Å²) in [5.41, 5.74) is 1.93. The summed E-state index contributed by atoms with van der Waals surface area (Å²) in [4.78, 5) is 11.3. The van der Waals surface area contributed by atoms with Gasteiger partial charge >= 0.3 is 5.97 Å². The van der Waals surface area contributed by atoms with Crippen molar-refractivity contribution in [1.82, 2.24) is 4.57 Å². The molecule has 0 saturated heterocycles. The van der Waals surface area contributed by atoms with Gasteiger partial charge in [-0.1, -0.05) is 36.4 Å². The van der Waals surface area contributed by atoms with Crippen LogP contribution in [0.15, 0.2) is 48.5 Å². The molecule has 1 N–H and O–H groups in total. The van der Waals surface area contributed by atoms with Crippen molar-refractivity contribution < 1.29 is 9.90 Å². The summed E-state index contributed by atoms with van der Waals surface area (Å²) in [5.74, 6) is -0.818. The second kappa shape index (κ2) is 3.88. The molecule has 0 unspecified atom stereocenters. The Labute approximate surface area is 104 Å². The highest BCUT2D eigenvalue weighted by Gasteiger charge is 2.19. The second-order valence-electron chi connectivity index (χ2n) is 4.42. The smallest absolute Gasteiger partial charge is 0.326 e. The number of fused-ring (bicyclic) bond motifs is 3. The van der Waals surface area contributed by atoms with E-state index in [1.165, 1.54) is 0 Å². The predicted molar refractivity (Wildman–Crippen MR) is 71.8 cm³/mol. The van der Waals surface area contributed by atoms with Crippen LogP contribution in [0.25, 0.3) is 21.8 Å². The van der Waals surface area contributed by atoms with E-state index in [1.807, 2.05) is 53.1 Å². The van der Waals surface area contributed by atoms with Crippen LogP contribution >= 0.6 is 0 Å². The van der Waals surface area contributed by atoms with Gasteiger partial charge in [-0.05, 0) is 19.1 Å². The highest BCUT2D eigenvalue weighted by Crippen LogP contribution is 2.31. The molecule has 3 nitrogen and oxygen atoms in total. The number of aliphatic carboxylic acids is 1. The number of carbonyl (C=O) groups is 1. The number of rotatable bonds is 2. The van der Waals surface area contributed by atoms with Crippen LogP contribution in [0.5, 0.6) is 0 Å². The fourth-order valence-corrected chi connectivity index (χ4v) is 2.48. The molecule has 18 heavy (non-hydrogen) atoms. The van der Waals surface area contributed by atoms with E-state index < -0.39 is 12.0 Å². The lowest BCUT2D eigenvalue weighted by Gasteiger charge is -2.11. The molecule has 0 amide bonds. The summed E-state index contributed by atoms with van der Waals surface area (Å²) < 4.78 is 1.88. The van der Waals surface area contributed by atoms with Gasteiger partial charge in [0.25, 0.3) is 0 Å². The van der Waals surface area contributed by atoms with E-state index in [-0.39, 0.29) is 0 Å². The number of benzene rings is 2. The van der Waals surface area contributed by atoms with Crippen molar-refractivity contribution in [2.24, 2.45) is 0 Å². The lowest BCUT2D eigenvalue weighted by molar-refractivity contribution is -0.140. The normalized spacial score (nSPS) is 12.9. The Balaban J connectivity index is 2.49. The molecule has 0 aliphatic heterocycles. The van der Waals surface area contributed by atoms with E-state index in [2.05, 4.69) is 0 Å². The highest BCUT2D eigenvalue weighted by atomic mass is 16.4. The summed E-state index contributed by atoms with van der Waals surface area (Å²) in [6.07, 6.45) is 0. The Kier molecular flexibility index (Phi) is 2.33. The molecular weight excluding hydrogens is 226 g/mol. The van der Waals surface area contributed by atoms with Gasteiger partial charge in [0.05, 0.1) is 0 Å². The first-order valence-electron chi connectivity index (χ1n) is 5.90. The Bertz CT molecular complexity index is 689. The standard InChI is InChI=1S/C15H13NO2/c1-10(15(17)18)16-13-8-4-2-6-11(13)12-7-3-5-9-14(12)16/h2-10H,1H3,(H,17,18)/t10-/m0/s1. The average Bonchev–Trinajstić information content (AvgIpc) is 2.72. The van der Waals surface area contributed by atoms with Gasteiger partial charge in [0.2, 0.25) is 0 Å². The third-order valence-corrected chi connectivity index (χ3v) is 3.36. The lowest BCUT2D eigenvalue weighted by atomic mass is 10.2. The van der Waals surface area contributed by atoms with Crippen LogP contribution < -0.4 is 0 Å². The molecular formula is C15H13NO2. The molecule has 2 aromatic carbocycles. The van der Waals surface area contributed by atoms with E-state index in [9.17, 15) is 9.90 Å². The van der Waals surface area contributed by atoms with E-state index in [4.69, 9.17) is 0 Å². The van der Waals surface area contributed by atoms with Crippen molar-refractivity contribution in [2.45, 2.75) is 13.0 Å². The third-order valence-electron chi connectivity index (χ3n) is 3.36. The zero-order valence-electron chi connectivity index (χ0n) is 10.00. The first-order chi connectivity index (χ1) is 8.70. The van der Waals surface area contributed by atoms with Gasteiger partial charge in [-0.3, -0.25) is 0 Å². The predicted octanol–water partition coefficient (Wildman–Crippen LogP) is 3.44. The Morgan fingerprint density at radius 1 is 1.00 bits per heavy atom. The molecule has 0 bridgehead atoms. The number of carboxylic acids is 1. The lowest BCUT2D eigenvalue weighted by Crippen LogP contribution is -2.15. The van der Waals surface area contributed by atoms with Crippen molar-refractivity contribution in [1.29, 1.82) is 0 Å². The molecule has 3 aromatic rings. The Morgan fingerprint density at radius 2 is 1.44 bits per heavy atom. The minimum Gasteiger partial charge on any atom is -0.480 e. The first kappa shape index (κ1) is 10.8. The van der Waals surface area contributed by atoms with E-state index in [1.54, 1.807) is 6.92 Å². The highest BCUT2D eigenvalue weighted by molar-refractivity contribution is 6.08. The molecule has 0 spiro atoms. The van der Waals surface area contributed by atoms with Gasteiger partial charge in [-0.15, -0.1) is 0 Å². The number of para-hydroxylation sites is 2. The average molecular weight is 239 g/mol. The minimum atomic E-state index is -0.818. The first-order valence-corrected chi connectivity index (χ1v) is 5.90. The van der Waals surface area contributed by atoms with Crippen LogP contribution in [-0.4, -0.2) is 15.6 Å². The molecule has 1 aromatic heterocycles. The molecule has 1 atom stereocenters. The van der Waals surface area contributed by atoms with Crippen LogP contribution in [0.4, 0.5) is 0 Å². The van der Waals surface area contributed by atoms with Crippen LogP contribution in [-0.2, 0) is 4.79 Å². The molecule has 0 fully saturated rings. The van der Waals surface area contributed by atoms with Crippen molar-refractivity contribution in [3.05, 3.63) is 48.5 Å². The molecule has 0 aliphatic carbocycles. The Hall–Kier alpha value is -2.29. The van der Waals surface area contributed by atoms with Crippen LogP contribution in [0.1, 0.15) is 13.0 Å². The van der Waals surface area contributed by atoms with Gasteiger partial charge in [0, 0.05) is 21.8 Å². The van der Waals surface area contributed by atoms with Crippen LogP contribution in [0.3, 0.4) is 0 Å². The maximum Gasteiger partial charge on any atom is 0.326 e. The van der Waals surface area contributed by atoms with Gasteiger partial charge in [-0.25, -0.2) is 4.79 Å². The summed E-state index contributed by atoms with van der Waals surface area (Å²) in [6.45, 7) is 1.71. The summed E-state index contributed by atoms with van der Waals surface area (Å²) in [5, 5.41) is 11.4. The van der Waals surface area contributed by atoms with Crippen molar-refractivity contribution >= 4 is 27.8 Å². The molecule has 1 heterocycles. The molecule has 0 saturated carbocycles. The van der Waals surface area contributed by atoms with E-state index in [0.717, 1.165) is 21.8 Å². The molecule has 90 valence electrons. The van der Waals surface area contributed by atoms with Gasteiger partial charge in [0.15, 0.2) is 0 Å². The topological polar surface area (TPSA) is 42.2 Å². The summed E-state index contributed by atoms with van der Waals surface area (Å²) in [6, 6.07) is 15.2. The quantitative estimate of drug-likeness (QED) is 0.744. The van der Waals surface area contributed by atoms with Gasteiger partial charge in [-0.2, -0.15) is 0 Å². The summed E-state index contributed by atoms with van der Waals surface area (Å²) in [7, 11) is 0. The maximum atomic E-state index is 11.3. The van der Waals surface area contributed by atoms with Crippen molar-refractivity contribution in [3.8, 4) is 0 Å². The van der Waals surface area contributed by atoms with Crippen molar-refractivity contribution in [3.63, 3.8) is 0 Å². The monoisotopic (exact) mass is 239 g/mol. The SMILES string of the molecule is C[C@@H](C(=O)O)n1c2ccccc2c2ccccc21. The van der Waals surface area contributed by atoms with Gasteiger partial charge in [0.1, 0.15) is 6.04 Å². The number of nitrogens with zero attached hydrogens (tertiary/aromatic N) is 1. The van der Waals surface area contributed by atoms with Gasteiger partial charge < -0.3 is 9.67 Å². The largest absolute Gasteiger partial charge is 0.480 e. The maximum absolute atomic E-state index is 11.3. The van der Waals surface area contributed by atoms with Crippen LogP contribution in [0, 0.1) is 0 Å². The minimum absolute atomic E-state index is 0.574. The zero-order chi connectivity index (χ0) is 12.7. The number of carboxylic acid groups (broad SMARTS) is 1. The number of hydrogen-bond donors (Lipinski definition) is 1. The van der Waals surface area contributed by atoms with Crippen LogP contribution in [0.2, 0.25) is 0 Å². The Morgan fingerprint density at radius 3 is 1.89 bits per heavy atom. The molecule has 0 aliphatic rings. The fourth-order valence-electron chi connectivity index (χ4n) is 2.48. The summed E-state index contributed by atoms with van der Waals surface area (Å²) >= 11 is 0. The number of aromatic nitrogens is 1. The molecule has 3 heteroatoms. The molecule has 3 rings (SSSR count). The third kappa shape index (κ3) is 1.40. The van der Waals surface area contributed by atoms with E-state index in [0.29, 0.717) is 0 Å². The zero-order valence-corrected chi connectivity index (χ0v) is 10.00. The number of hydrogen-bond acceptors (Lipinski definition) is 1. The second-order valence-corrected chi connectivity index (χ2v) is 4.42. The van der Waals surface area contributed by atoms with Crippen molar-refractivity contribution in [2.75, 3.05) is 0 Å². The fraction of sp³-hybridized carbons (Fsp3) is 0.133. The molecule has 0 radical (unpaired) electrons.